The van der Waals surface area contributed by atoms with Crippen LogP contribution in [0.25, 0.3) is 0 Å². The van der Waals surface area contributed by atoms with Gasteiger partial charge in [0.2, 0.25) is 0 Å². The predicted octanol–water partition coefficient (Wildman–Crippen LogP) is 3.28. The van der Waals surface area contributed by atoms with Gasteiger partial charge in [-0.25, -0.2) is 8.42 Å². The van der Waals surface area contributed by atoms with Crippen molar-refractivity contribution in [1.29, 1.82) is 0 Å². The minimum absolute atomic E-state index is 0.0661. The largest absolute Gasteiger partial charge is 0.378 e. The number of nitrogens with zero attached hydrogens (tertiary/aromatic N) is 2. The lowest BCUT2D eigenvalue weighted by atomic mass is 10.1. The standard InChI is InChI=1S/C25H27N3O4S/c1-27(22-7-3-2-4-8-22)33(30,31)24-9-5-6-21(18-24)25(29)26-19-20-10-12-23(13-11-20)28-14-16-32-17-15-28/h2-13,18H,14-17,19H2,1H3,(H,26,29). The van der Waals surface area contributed by atoms with Crippen molar-refractivity contribution in [2.24, 2.45) is 0 Å². The molecular weight excluding hydrogens is 438 g/mol. The lowest BCUT2D eigenvalue weighted by molar-refractivity contribution is 0.0950. The minimum atomic E-state index is -3.79. The fourth-order valence-corrected chi connectivity index (χ4v) is 4.91. The molecule has 3 aromatic carbocycles. The average Bonchev–Trinajstić information content (AvgIpc) is 2.88. The Kier molecular flexibility index (Phi) is 6.96. The van der Waals surface area contributed by atoms with Gasteiger partial charge in [-0.15, -0.1) is 0 Å². The molecule has 0 radical (unpaired) electrons. The van der Waals surface area contributed by atoms with Crippen LogP contribution in [0.1, 0.15) is 15.9 Å². The van der Waals surface area contributed by atoms with Crippen LogP contribution in [0.5, 0.6) is 0 Å². The topological polar surface area (TPSA) is 79.0 Å². The number of hydrogen-bond acceptors (Lipinski definition) is 5. The Morgan fingerprint density at radius 1 is 0.970 bits per heavy atom. The molecule has 7 nitrogen and oxygen atoms in total. The third-order valence-electron chi connectivity index (χ3n) is 5.64. The maximum absolute atomic E-state index is 13.0. The lowest BCUT2D eigenvalue weighted by Gasteiger charge is -2.28. The Bertz CT molecular complexity index is 1190. The summed E-state index contributed by atoms with van der Waals surface area (Å²) in [5.41, 5.74) is 2.94. The summed E-state index contributed by atoms with van der Waals surface area (Å²) < 4.78 is 32.7. The van der Waals surface area contributed by atoms with Crippen LogP contribution in [0.15, 0.2) is 83.8 Å². The minimum Gasteiger partial charge on any atom is -0.378 e. The number of ether oxygens (including phenoxy) is 1. The van der Waals surface area contributed by atoms with Gasteiger partial charge >= 0.3 is 0 Å². The Hall–Kier alpha value is -3.36. The van der Waals surface area contributed by atoms with Crippen LogP contribution in [-0.2, 0) is 21.3 Å². The molecule has 1 saturated heterocycles. The number of rotatable bonds is 7. The SMILES string of the molecule is CN(c1ccccc1)S(=O)(=O)c1cccc(C(=O)NCc2ccc(N3CCOCC3)cc2)c1. The van der Waals surface area contributed by atoms with E-state index in [2.05, 4.69) is 10.2 Å². The number of carbonyl (C=O) groups excluding carboxylic acids is 1. The molecular formula is C25H27N3O4S. The molecule has 172 valence electrons. The van der Waals surface area contributed by atoms with Crippen molar-refractivity contribution in [3.05, 3.63) is 90.0 Å². The Labute approximate surface area is 194 Å². The molecule has 0 bridgehead atoms. The molecule has 1 aliphatic rings. The van der Waals surface area contributed by atoms with Crippen molar-refractivity contribution in [2.45, 2.75) is 11.4 Å². The molecule has 0 spiro atoms. The summed E-state index contributed by atoms with van der Waals surface area (Å²) in [6.45, 7) is 3.55. The summed E-state index contributed by atoms with van der Waals surface area (Å²) in [5.74, 6) is -0.327. The van der Waals surface area contributed by atoms with Crippen LogP contribution < -0.4 is 14.5 Å². The summed E-state index contributed by atoms with van der Waals surface area (Å²) >= 11 is 0. The van der Waals surface area contributed by atoms with Crippen LogP contribution in [0.4, 0.5) is 11.4 Å². The molecule has 1 amide bonds. The molecule has 8 heteroatoms. The second-order valence-corrected chi connectivity index (χ2v) is 9.75. The normalized spacial score (nSPS) is 14.0. The number of nitrogens with one attached hydrogen (secondary N) is 1. The first-order valence-corrected chi connectivity index (χ1v) is 12.2. The van der Waals surface area contributed by atoms with Crippen molar-refractivity contribution < 1.29 is 17.9 Å². The molecule has 1 aliphatic heterocycles. The van der Waals surface area contributed by atoms with E-state index in [4.69, 9.17) is 4.74 Å². The average molecular weight is 466 g/mol. The monoisotopic (exact) mass is 465 g/mol. The lowest BCUT2D eigenvalue weighted by Crippen LogP contribution is -2.36. The fraction of sp³-hybridized carbons (Fsp3) is 0.240. The van der Waals surface area contributed by atoms with Crippen LogP contribution in [0.2, 0.25) is 0 Å². The Balaban J connectivity index is 1.41. The van der Waals surface area contributed by atoms with E-state index in [1.165, 1.54) is 23.5 Å². The molecule has 0 aliphatic carbocycles. The molecule has 0 aromatic heterocycles. The first-order valence-electron chi connectivity index (χ1n) is 10.8. The first kappa shape index (κ1) is 22.8. The van der Waals surface area contributed by atoms with Crippen LogP contribution in [-0.4, -0.2) is 47.7 Å². The van der Waals surface area contributed by atoms with Crippen molar-refractivity contribution >= 4 is 27.3 Å². The number of para-hydroxylation sites is 1. The van der Waals surface area contributed by atoms with Crippen LogP contribution in [0.3, 0.4) is 0 Å². The summed E-state index contributed by atoms with van der Waals surface area (Å²) in [5, 5.41) is 2.87. The summed E-state index contributed by atoms with van der Waals surface area (Å²) in [6.07, 6.45) is 0. The van der Waals surface area contributed by atoms with Gasteiger partial charge in [0.1, 0.15) is 0 Å². The molecule has 33 heavy (non-hydrogen) atoms. The molecule has 0 saturated carbocycles. The summed E-state index contributed by atoms with van der Waals surface area (Å²) in [6, 6.07) is 23.0. The second-order valence-electron chi connectivity index (χ2n) is 7.78. The molecule has 1 N–H and O–H groups in total. The third-order valence-corrected chi connectivity index (χ3v) is 7.42. The maximum Gasteiger partial charge on any atom is 0.264 e. The number of sulfonamides is 1. The van der Waals surface area contributed by atoms with Crippen molar-refractivity contribution in [1.82, 2.24) is 5.32 Å². The van der Waals surface area contributed by atoms with Crippen molar-refractivity contribution in [3.63, 3.8) is 0 Å². The van der Waals surface area contributed by atoms with E-state index in [1.54, 1.807) is 36.4 Å². The zero-order valence-electron chi connectivity index (χ0n) is 18.5. The van der Waals surface area contributed by atoms with Crippen LogP contribution >= 0.6 is 0 Å². The number of amides is 1. The highest BCUT2D eigenvalue weighted by Gasteiger charge is 2.22. The highest BCUT2D eigenvalue weighted by Crippen LogP contribution is 2.22. The van der Waals surface area contributed by atoms with E-state index in [1.807, 2.05) is 30.3 Å². The highest BCUT2D eigenvalue weighted by atomic mass is 32.2. The third kappa shape index (κ3) is 5.35. The van der Waals surface area contributed by atoms with E-state index < -0.39 is 10.0 Å². The van der Waals surface area contributed by atoms with Gasteiger partial charge in [-0.2, -0.15) is 0 Å². The van der Waals surface area contributed by atoms with Crippen LogP contribution in [0, 0.1) is 0 Å². The van der Waals surface area contributed by atoms with Gasteiger partial charge in [-0.3, -0.25) is 9.10 Å². The van der Waals surface area contributed by atoms with Gasteiger partial charge in [0.05, 0.1) is 23.8 Å². The molecule has 1 heterocycles. The van der Waals surface area contributed by atoms with Crippen molar-refractivity contribution in [3.8, 4) is 0 Å². The van der Waals surface area contributed by atoms with E-state index in [0.717, 1.165) is 37.6 Å². The Morgan fingerprint density at radius 3 is 2.36 bits per heavy atom. The van der Waals surface area contributed by atoms with Crippen molar-refractivity contribution in [2.75, 3.05) is 42.6 Å². The molecule has 4 rings (SSSR count). The summed E-state index contributed by atoms with van der Waals surface area (Å²) in [4.78, 5) is 15.0. The zero-order valence-corrected chi connectivity index (χ0v) is 19.3. The quantitative estimate of drug-likeness (QED) is 0.579. The zero-order chi connectivity index (χ0) is 23.3. The number of carbonyl (C=O) groups is 1. The number of anilines is 2. The van der Waals surface area contributed by atoms with E-state index in [9.17, 15) is 13.2 Å². The predicted molar refractivity (Wildman–Crippen MR) is 129 cm³/mol. The van der Waals surface area contributed by atoms with E-state index in [0.29, 0.717) is 17.8 Å². The molecule has 1 fully saturated rings. The van der Waals surface area contributed by atoms with Gasteiger partial charge in [-0.05, 0) is 48.0 Å². The first-order chi connectivity index (χ1) is 15.9. The van der Waals surface area contributed by atoms with Gasteiger partial charge < -0.3 is 15.0 Å². The molecule has 3 aromatic rings. The van der Waals surface area contributed by atoms with Gasteiger partial charge in [-0.1, -0.05) is 36.4 Å². The van der Waals surface area contributed by atoms with Gasteiger partial charge in [0, 0.05) is 37.9 Å². The number of morpholine rings is 1. The fourth-order valence-electron chi connectivity index (χ4n) is 3.66. The number of benzene rings is 3. The van der Waals surface area contributed by atoms with E-state index in [-0.39, 0.29) is 10.8 Å². The van der Waals surface area contributed by atoms with Gasteiger partial charge in [0.15, 0.2) is 0 Å². The maximum atomic E-state index is 13.0. The Morgan fingerprint density at radius 2 is 1.67 bits per heavy atom. The smallest absolute Gasteiger partial charge is 0.264 e. The van der Waals surface area contributed by atoms with E-state index >= 15 is 0 Å². The highest BCUT2D eigenvalue weighted by molar-refractivity contribution is 7.92. The number of hydrogen-bond donors (Lipinski definition) is 1. The second kappa shape index (κ2) is 10.1. The molecule has 0 atom stereocenters. The molecule has 0 unspecified atom stereocenters. The van der Waals surface area contributed by atoms with Gasteiger partial charge in [0.25, 0.3) is 15.9 Å². The summed E-state index contributed by atoms with van der Waals surface area (Å²) in [7, 11) is -2.29.